The quantitative estimate of drug-likeness (QED) is 0.492. The fourth-order valence-electron chi connectivity index (χ4n) is 4.05. The first-order valence-corrected chi connectivity index (χ1v) is 11.5. The maximum absolute atomic E-state index is 13.3. The maximum atomic E-state index is 13.3. The van der Waals surface area contributed by atoms with E-state index in [0.717, 1.165) is 12.1 Å². The molecule has 1 aliphatic heterocycles. The number of para-hydroxylation sites is 1. The third-order valence-electron chi connectivity index (χ3n) is 5.69. The van der Waals surface area contributed by atoms with Gasteiger partial charge in [-0.1, -0.05) is 12.1 Å². The Morgan fingerprint density at radius 3 is 2.58 bits per heavy atom. The van der Waals surface area contributed by atoms with E-state index in [1.165, 1.54) is 10.6 Å². The van der Waals surface area contributed by atoms with Crippen molar-refractivity contribution in [1.29, 1.82) is 0 Å². The smallest absolute Gasteiger partial charge is 0.261 e. The molecule has 8 nitrogen and oxygen atoms in total. The van der Waals surface area contributed by atoms with E-state index >= 15 is 0 Å². The molecule has 5 rings (SSSR count). The third kappa shape index (κ3) is 3.55. The average molecular weight is 436 g/mol. The van der Waals surface area contributed by atoms with Gasteiger partial charge in [0.15, 0.2) is 0 Å². The molecule has 3 heterocycles. The summed E-state index contributed by atoms with van der Waals surface area (Å²) in [6.07, 6.45) is 6.40. The van der Waals surface area contributed by atoms with E-state index in [9.17, 15) is 13.2 Å². The second-order valence-electron chi connectivity index (χ2n) is 7.58. The molecule has 1 atom stereocenters. The van der Waals surface area contributed by atoms with Gasteiger partial charge in [-0.25, -0.2) is 18.1 Å². The lowest BCUT2D eigenvalue weighted by Crippen LogP contribution is -2.42. The summed E-state index contributed by atoms with van der Waals surface area (Å²) >= 11 is 0. The number of rotatable bonds is 4. The molecule has 158 valence electrons. The van der Waals surface area contributed by atoms with Crippen LogP contribution in [0.4, 0.5) is 0 Å². The maximum Gasteiger partial charge on any atom is 0.261 e. The van der Waals surface area contributed by atoms with Crippen LogP contribution in [0.15, 0.2) is 83.0 Å². The van der Waals surface area contributed by atoms with Gasteiger partial charge in [-0.2, -0.15) is 9.40 Å². The van der Waals surface area contributed by atoms with Crippen LogP contribution in [0.2, 0.25) is 0 Å². The summed E-state index contributed by atoms with van der Waals surface area (Å²) in [5, 5.41) is 4.70. The Balaban J connectivity index is 1.42. The molecule has 31 heavy (non-hydrogen) atoms. The van der Waals surface area contributed by atoms with Crippen molar-refractivity contribution < 1.29 is 8.42 Å². The predicted molar refractivity (Wildman–Crippen MR) is 117 cm³/mol. The Morgan fingerprint density at radius 1 is 1.00 bits per heavy atom. The minimum atomic E-state index is -3.68. The Kier molecular flexibility index (Phi) is 4.91. The topological polar surface area (TPSA) is 90.1 Å². The fourth-order valence-corrected chi connectivity index (χ4v) is 5.57. The first-order chi connectivity index (χ1) is 15.0. The van der Waals surface area contributed by atoms with Crippen molar-refractivity contribution in [2.45, 2.75) is 23.8 Å². The minimum Gasteiger partial charge on any atom is -0.294 e. The van der Waals surface area contributed by atoms with E-state index in [4.69, 9.17) is 0 Å². The zero-order chi connectivity index (χ0) is 21.4. The standard InChI is InChI=1S/C22H21N5O3S/c28-22-20-6-1-2-7-21(20)23-16-26(22)18-5-3-13-25(15-18)31(29,30)19-10-8-17(9-11-19)27-14-4-12-24-27/h1-2,4,6-12,14,16,18H,3,5,13,15H2/t18-/m0/s1. The molecular formula is C22H21N5O3S. The number of sulfonamides is 1. The van der Waals surface area contributed by atoms with Crippen molar-refractivity contribution in [3.05, 3.63) is 83.7 Å². The number of hydrogen-bond acceptors (Lipinski definition) is 5. The van der Waals surface area contributed by atoms with Crippen LogP contribution in [0, 0.1) is 0 Å². The molecule has 0 spiro atoms. The van der Waals surface area contributed by atoms with Crippen LogP contribution in [0.3, 0.4) is 0 Å². The van der Waals surface area contributed by atoms with Gasteiger partial charge in [0.25, 0.3) is 5.56 Å². The van der Waals surface area contributed by atoms with Crippen molar-refractivity contribution in [1.82, 2.24) is 23.6 Å². The normalized spacial score (nSPS) is 17.7. The van der Waals surface area contributed by atoms with E-state index in [-0.39, 0.29) is 23.0 Å². The second kappa shape index (κ2) is 7.75. The van der Waals surface area contributed by atoms with Crippen molar-refractivity contribution in [2.24, 2.45) is 0 Å². The van der Waals surface area contributed by atoms with Gasteiger partial charge in [0, 0.05) is 25.5 Å². The van der Waals surface area contributed by atoms with E-state index in [1.54, 1.807) is 64.1 Å². The number of piperidine rings is 1. The van der Waals surface area contributed by atoms with Gasteiger partial charge in [0.2, 0.25) is 10.0 Å². The summed E-state index contributed by atoms with van der Waals surface area (Å²) in [6.45, 7) is 0.665. The number of fused-ring (bicyclic) bond motifs is 1. The van der Waals surface area contributed by atoms with Gasteiger partial charge in [0.05, 0.1) is 33.9 Å². The molecule has 9 heteroatoms. The third-order valence-corrected chi connectivity index (χ3v) is 7.57. The summed E-state index contributed by atoms with van der Waals surface area (Å²) in [5.74, 6) is 0. The van der Waals surface area contributed by atoms with E-state index in [1.807, 2.05) is 12.1 Å². The molecule has 0 aliphatic carbocycles. The Hall–Kier alpha value is -3.30. The van der Waals surface area contributed by atoms with E-state index in [0.29, 0.717) is 23.9 Å². The van der Waals surface area contributed by atoms with Gasteiger partial charge in [-0.3, -0.25) is 9.36 Å². The molecule has 1 aliphatic rings. The summed E-state index contributed by atoms with van der Waals surface area (Å²) in [6, 6.07) is 15.4. The summed E-state index contributed by atoms with van der Waals surface area (Å²) < 4.78 is 31.2. The van der Waals surface area contributed by atoms with Crippen LogP contribution in [0.25, 0.3) is 16.6 Å². The van der Waals surface area contributed by atoms with Crippen LogP contribution in [-0.2, 0) is 10.0 Å². The number of nitrogens with zero attached hydrogens (tertiary/aromatic N) is 5. The molecule has 0 radical (unpaired) electrons. The Labute approximate surface area is 179 Å². The largest absolute Gasteiger partial charge is 0.294 e. The molecule has 4 aromatic rings. The summed E-state index contributed by atoms with van der Waals surface area (Å²) in [5.41, 5.74) is 1.29. The number of benzene rings is 2. The average Bonchev–Trinajstić information content (AvgIpc) is 3.35. The zero-order valence-electron chi connectivity index (χ0n) is 16.7. The molecule has 2 aromatic heterocycles. The van der Waals surface area contributed by atoms with E-state index < -0.39 is 10.0 Å². The van der Waals surface area contributed by atoms with Gasteiger partial charge < -0.3 is 0 Å². The highest BCUT2D eigenvalue weighted by Crippen LogP contribution is 2.26. The number of aromatic nitrogens is 4. The lowest BCUT2D eigenvalue weighted by atomic mass is 10.1. The fraction of sp³-hybridized carbons (Fsp3) is 0.227. The van der Waals surface area contributed by atoms with Gasteiger partial charge in [-0.15, -0.1) is 0 Å². The highest BCUT2D eigenvalue weighted by Gasteiger charge is 2.31. The number of hydrogen-bond donors (Lipinski definition) is 0. The first kappa shape index (κ1) is 19.7. The molecule has 0 saturated carbocycles. The molecule has 0 unspecified atom stereocenters. The molecular weight excluding hydrogens is 414 g/mol. The molecule has 1 fully saturated rings. The van der Waals surface area contributed by atoms with Crippen molar-refractivity contribution >= 4 is 20.9 Å². The van der Waals surface area contributed by atoms with Crippen LogP contribution in [0.5, 0.6) is 0 Å². The summed E-state index contributed by atoms with van der Waals surface area (Å²) in [4.78, 5) is 17.6. The van der Waals surface area contributed by atoms with Crippen LogP contribution >= 0.6 is 0 Å². The zero-order valence-corrected chi connectivity index (χ0v) is 17.5. The van der Waals surface area contributed by atoms with Gasteiger partial charge in [0.1, 0.15) is 0 Å². The lowest BCUT2D eigenvalue weighted by Gasteiger charge is -2.32. The highest BCUT2D eigenvalue weighted by molar-refractivity contribution is 7.89. The molecule has 0 N–H and O–H groups in total. The molecule has 0 bridgehead atoms. The first-order valence-electron chi connectivity index (χ1n) is 10.1. The van der Waals surface area contributed by atoms with Crippen molar-refractivity contribution in [3.63, 3.8) is 0 Å². The summed E-state index contributed by atoms with van der Waals surface area (Å²) in [7, 11) is -3.68. The lowest BCUT2D eigenvalue weighted by molar-refractivity contribution is 0.262. The van der Waals surface area contributed by atoms with Gasteiger partial charge in [-0.05, 0) is 55.3 Å². The molecule has 2 aromatic carbocycles. The molecule has 1 saturated heterocycles. The Bertz CT molecular complexity index is 1380. The van der Waals surface area contributed by atoms with Crippen LogP contribution in [-0.4, -0.2) is 45.1 Å². The highest BCUT2D eigenvalue weighted by atomic mass is 32.2. The minimum absolute atomic E-state index is 0.140. The van der Waals surface area contributed by atoms with Gasteiger partial charge >= 0.3 is 0 Å². The predicted octanol–water partition coefficient (Wildman–Crippen LogP) is 2.61. The van der Waals surface area contributed by atoms with Crippen LogP contribution in [0.1, 0.15) is 18.9 Å². The van der Waals surface area contributed by atoms with Crippen LogP contribution < -0.4 is 5.56 Å². The van der Waals surface area contributed by atoms with Crippen molar-refractivity contribution in [2.75, 3.05) is 13.1 Å². The van der Waals surface area contributed by atoms with Crippen molar-refractivity contribution in [3.8, 4) is 5.69 Å². The monoisotopic (exact) mass is 435 g/mol. The molecule has 0 amide bonds. The Morgan fingerprint density at radius 2 is 1.81 bits per heavy atom. The second-order valence-corrected chi connectivity index (χ2v) is 9.52. The SMILES string of the molecule is O=c1c2ccccc2ncn1[C@H]1CCCN(S(=O)(=O)c2ccc(-n3cccn3)cc2)C1. The van der Waals surface area contributed by atoms with E-state index in [2.05, 4.69) is 10.1 Å².